The Balaban J connectivity index is 1.92. The normalized spacial score (nSPS) is 10.1. The first-order chi connectivity index (χ1) is 13.3. The number of anilines is 1. The topological polar surface area (TPSA) is 102 Å². The number of hydrogen-bond donors (Lipinski definition) is 2. The Morgan fingerprint density at radius 1 is 0.964 bits per heavy atom. The first-order valence-electron chi connectivity index (χ1n) is 8.41. The maximum Gasteiger partial charge on any atom is 0.339 e. The molecule has 0 aliphatic heterocycles. The summed E-state index contributed by atoms with van der Waals surface area (Å²) in [6.07, 6.45) is 0. The Labute approximate surface area is 166 Å². The van der Waals surface area contributed by atoms with Crippen molar-refractivity contribution >= 4 is 41.1 Å². The Kier molecular flexibility index (Phi) is 7.76. The van der Waals surface area contributed by atoms with Gasteiger partial charge in [-0.1, -0.05) is 29.8 Å². The predicted molar refractivity (Wildman–Crippen MR) is 106 cm³/mol. The van der Waals surface area contributed by atoms with Gasteiger partial charge in [0, 0.05) is 17.5 Å². The highest BCUT2D eigenvalue weighted by molar-refractivity contribution is 8.00. The molecule has 2 rings (SSSR count). The van der Waals surface area contributed by atoms with Crippen molar-refractivity contribution in [3.8, 4) is 0 Å². The molecule has 0 fully saturated rings. The molecule has 7 nitrogen and oxygen atoms in total. The molecule has 0 unspecified atom stereocenters. The van der Waals surface area contributed by atoms with Crippen LogP contribution in [0, 0.1) is 6.92 Å². The number of carbonyl (C=O) groups excluding carboxylic acids is 4. The average Bonchev–Trinajstić information content (AvgIpc) is 2.66. The van der Waals surface area contributed by atoms with Crippen LogP contribution in [-0.4, -0.2) is 36.1 Å². The fourth-order valence-corrected chi connectivity index (χ4v) is 3.02. The Morgan fingerprint density at radius 2 is 1.64 bits per heavy atom. The van der Waals surface area contributed by atoms with Crippen LogP contribution in [-0.2, 0) is 19.1 Å². The van der Waals surface area contributed by atoms with Crippen molar-refractivity contribution in [1.82, 2.24) is 5.32 Å². The number of ether oxygens (including phenoxy) is 1. The van der Waals surface area contributed by atoms with Gasteiger partial charge in [-0.2, -0.15) is 0 Å². The van der Waals surface area contributed by atoms with Gasteiger partial charge in [0.15, 0.2) is 6.61 Å². The van der Waals surface area contributed by atoms with Gasteiger partial charge in [-0.3, -0.25) is 19.7 Å². The monoisotopic (exact) mass is 400 g/mol. The predicted octanol–water partition coefficient (Wildman–Crippen LogP) is 2.55. The van der Waals surface area contributed by atoms with Crippen molar-refractivity contribution in [2.24, 2.45) is 0 Å². The van der Waals surface area contributed by atoms with Crippen molar-refractivity contribution in [2.75, 3.05) is 17.7 Å². The summed E-state index contributed by atoms with van der Waals surface area (Å²) in [5, 5.41) is 4.80. The minimum atomic E-state index is -0.708. The summed E-state index contributed by atoms with van der Waals surface area (Å²) >= 11 is 1.18. The lowest BCUT2D eigenvalue weighted by molar-refractivity contribution is -0.131. The summed E-state index contributed by atoms with van der Waals surface area (Å²) in [6, 6.07) is 14.1. The molecule has 0 aliphatic rings. The van der Waals surface area contributed by atoms with E-state index in [9.17, 15) is 19.2 Å². The number of thioether (sulfide) groups is 1. The average molecular weight is 400 g/mol. The Morgan fingerprint density at radius 3 is 2.32 bits per heavy atom. The number of rotatable bonds is 7. The number of amides is 3. The number of benzene rings is 2. The number of imide groups is 1. The van der Waals surface area contributed by atoms with Gasteiger partial charge >= 0.3 is 5.97 Å². The van der Waals surface area contributed by atoms with Crippen molar-refractivity contribution in [3.63, 3.8) is 0 Å². The van der Waals surface area contributed by atoms with Gasteiger partial charge in [0.1, 0.15) is 0 Å². The van der Waals surface area contributed by atoms with Crippen LogP contribution in [0.1, 0.15) is 22.8 Å². The highest BCUT2D eigenvalue weighted by Crippen LogP contribution is 2.23. The lowest BCUT2D eigenvalue weighted by Gasteiger charge is -2.09. The highest BCUT2D eigenvalue weighted by Gasteiger charge is 2.16. The first-order valence-corrected chi connectivity index (χ1v) is 9.39. The fraction of sp³-hybridized carbons (Fsp3) is 0.200. The van der Waals surface area contributed by atoms with Gasteiger partial charge < -0.3 is 10.1 Å². The van der Waals surface area contributed by atoms with Gasteiger partial charge in [-0.05, 0) is 31.2 Å². The molecule has 0 aromatic heterocycles. The van der Waals surface area contributed by atoms with Gasteiger partial charge in [0.25, 0.3) is 5.91 Å². The molecule has 0 spiro atoms. The summed E-state index contributed by atoms with van der Waals surface area (Å²) in [7, 11) is 0. The van der Waals surface area contributed by atoms with Crippen LogP contribution in [0.2, 0.25) is 0 Å². The van der Waals surface area contributed by atoms with Crippen LogP contribution < -0.4 is 10.6 Å². The minimum Gasteiger partial charge on any atom is -0.452 e. The summed E-state index contributed by atoms with van der Waals surface area (Å²) in [5.41, 5.74) is 2.03. The molecule has 28 heavy (non-hydrogen) atoms. The van der Waals surface area contributed by atoms with Gasteiger partial charge in [-0.15, -0.1) is 11.8 Å². The molecule has 2 aromatic rings. The third kappa shape index (κ3) is 6.88. The van der Waals surface area contributed by atoms with E-state index in [0.29, 0.717) is 10.6 Å². The zero-order valence-corrected chi connectivity index (χ0v) is 16.3. The third-order valence-electron chi connectivity index (χ3n) is 3.45. The Bertz CT molecular complexity index is 880. The summed E-state index contributed by atoms with van der Waals surface area (Å²) in [5.74, 6) is -2.05. The van der Waals surface area contributed by atoms with Crippen molar-refractivity contribution in [2.45, 2.75) is 18.7 Å². The van der Waals surface area contributed by atoms with Crippen LogP contribution in [0.25, 0.3) is 0 Å². The number of hydrogen-bond acceptors (Lipinski definition) is 6. The van der Waals surface area contributed by atoms with E-state index in [-0.39, 0.29) is 17.2 Å². The van der Waals surface area contributed by atoms with E-state index in [0.717, 1.165) is 5.56 Å². The largest absolute Gasteiger partial charge is 0.452 e. The molecule has 0 bridgehead atoms. The van der Waals surface area contributed by atoms with E-state index in [1.54, 1.807) is 24.3 Å². The second-order valence-corrected chi connectivity index (χ2v) is 6.90. The quantitative estimate of drug-likeness (QED) is 0.547. The van der Waals surface area contributed by atoms with E-state index >= 15 is 0 Å². The highest BCUT2D eigenvalue weighted by atomic mass is 32.2. The molecule has 146 valence electrons. The molecule has 3 amide bonds. The number of aryl methyl sites for hydroxylation is 1. The molecule has 0 saturated heterocycles. The molecule has 0 heterocycles. The van der Waals surface area contributed by atoms with Crippen LogP contribution in [0.4, 0.5) is 5.69 Å². The minimum absolute atomic E-state index is 0.100. The SMILES string of the molecule is CC(=O)NC(=O)COC(=O)c1ccccc1SCC(=O)Nc1ccc(C)cc1. The second-order valence-electron chi connectivity index (χ2n) is 5.88. The molecule has 0 radical (unpaired) electrons. The molecule has 0 atom stereocenters. The molecule has 0 saturated carbocycles. The fourth-order valence-electron chi connectivity index (χ4n) is 2.18. The summed E-state index contributed by atoms with van der Waals surface area (Å²) in [6.45, 7) is 2.58. The first kappa shape index (κ1) is 21.2. The van der Waals surface area contributed by atoms with E-state index in [1.165, 1.54) is 18.7 Å². The standard InChI is InChI=1S/C20H20N2O5S/c1-13-7-9-15(10-8-13)22-19(25)12-28-17-6-4-3-5-16(17)20(26)27-11-18(24)21-14(2)23/h3-10H,11-12H2,1-2H3,(H,22,25)(H,21,23,24). The number of carbonyl (C=O) groups is 4. The third-order valence-corrected chi connectivity index (χ3v) is 4.52. The van der Waals surface area contributed by atoms with Gasteiger partial charge in [0.05, 0.1) is 11.3 Å². The smallest absolute Gasteiger partial charge is 0.339 e. The number of esters is 1. The van der Waals surface area contributed by atoms with E-state index in [2.05, 4.69) is 5.32 Å². The van der Waals surface area contributed by atoms with Crippen molar-refractivity contribution in [1.29, 1.82) is 0 Å². The lowest BCUT2D eigenvalue weighted by Crippen LogP contribution is -2.32. The second kappa shape index (κ2) is 10.3. The molecular weight excluding hydrogens is 380 g/mol. The van der Waals surface area contributed by atoms with Crippen molar-refractivity contribution in [3.05, 3.63) is 59.7 Å². The molecule has 0 aliphatic carbocycles. The van der Waals surface area contributed by atoms with E-state index < -0.39 is 24.4 Å². The van der Waals surface area contributed by atoms with Crippen LogP contribution in [0.3, 0.4) is 0 Å². The molecule has 2 aromatic carbocycles. The lowest BCUT2D eigenvalue weighted by atomic mass is 10.2. The van der Waals surface area contributed by atoms with Crippen LogP contribution >= 0.6 is 11.8 Å². The summed E-state index contributed by atoms with van der Waals surface area (Å²) < 4.78 is 4.93. The zero-order chi connectivity index (χ0) is 20.5. The van der Waals surface area contributed by atoms with E-state index in [1.807, 2.05) is 36.5 Å². The Hall–Kier alpha value is -3.13. The summed E-state index contributed by atoms with van der Waals surface area (Å²) in [4.78, 5) is 47.1. The molecule has 2 N–H and O–H groups in total. The van der Waals surface area contributed by atoms with E-state index in [4.69, 9.17) is 4.74 Å². The number of nitrogens with one attached hydrogen (secondary N) is 2. The van der Waals surface area contributed by atoms with Gasteiger partial charge in [-0.25, -0.2) is 4.79 Å². The van der Waals surface area contributed by atoms with Crippen LogP contribution in [0.5, 0.6) is 0 Å². The molecule has 8 heteroatoms. The zero-order valence-electron chi connectivity index (χ0n) is 15.5. The maximum atomic E-state index is 12.2. The molecular formula is C20H20N2O5S. The maximum absolute atomic E-state index is 12.2. The van der Waals surface area contributed by atoms with Gasteiger partial charge in [0.2, 0.25) is 11.8 Å². The van der Waals surface area contributed by atoms with Crippen molar-refractivity contribution < 1.29 is 23.9 Å². The van der Waals surface area contributed by atoms with Crippen LogP contribution in [0.15, 0.2) is 53.4 Å².